The van der Waals surface area contributed by atoms with E-state index in [1.165, 1.54) is 24.3 Å². The number of halogens is 1. The average molecular weight is 557 g/mol. The Bertz CT molecular complexity index is 1330. The van der Waals surface area contributed by atoms with Crippen molar-refractivity contribution in [3.05, 3.63) is 95.6 Å². The number of nitrogens with one attached hydrogen (secondary N) is 2. The normalized spacial score (nSPS) is 11.5. The van der Waals surface area contributed by atoms with Gasteiger partial charge in [0.15, 0.2) is 0 Å². The molecule has 9 nitrogen and oxygen atoms in total. The second-order valence-electron chi connectivity index (χ2n) is 8.62. The van der Waals surface area contributed by atoms with Crippen LogP contribution in [0.15, 0.2) is 77.8 Å². The van der Waals surface area contributed by atoms with Crippen molar-refractivity contribution in [3.8, 4) is 0 Å². The van der Waals surface area contributed by atoms with Gasteiger partial charge in [-0.25, -0.2) is 22.7 Å². The van der Waals surface area contributed by atoms with Crippen LogP contribution in [0.3, 0.4) is 0 Å². The molecule has 0 saturated heterocycles. The van der Waals surface area contributed by atoms with Crippen molar-refractivity contribution in [2.75, 3.05) is 6.54 Å². The largest absolute Gasteiger partial charge is 0.357 e. The Kier molecular flexibility index (Phi) is 12.2. The maximum Gasteiger partial charge on any atom is 0.357 e. The highest BCUT2D eigenvalue weighted by Crippen LogP contribution is 2.15. The van der Waals surface area contributed by atoms with E-state index in [-0.39, 0.29) is 22.7 Å². The van der Waals surface area contributed by atoms with E-state index in [1.54, 1.807) is 25.3 Å². The third kappa shape index (κ3) is 10.6. The minimum absolute atomic E-state index is 0.198. The number of nitrogens with zero attached hydrogens (tertiary/aromatic N) is 1. The predicted octanol–water partition coefficient (Wildman–Crippen LogP) is 4.19. The Labute approximate surface area is 227 Å². The summed E-state index contributed by atoms with van der Waals surface area (Å²) in [5.41, 5.74) is 2.12. The van der Waals surface area contributed by atoms with Crippen molar-refractivity contribution in [1.29, 1.82) is 0 Å². The summed E-state index contributed by atoms with van der Waals surface area (Å²) in [5, 5.41) is 14.4. The molecule has 3 aromatic rings. The molecule has 3 rings (SSSR count). The van der Waals surface area contributed by atoms with Crippen molar-refractivity contribution < 1.29 is 32.3 Å². The van der Waals surface area contributed by atoms with Crippen LogP contribution in [0.1, 0.15) is 47.8 Å². The van der Waals surface area contributed by atoms with Gasteiger partial charge < -0.3 is 10.6 Å². The van der Waals surface area contributed by atoms with Crippen LogP contribution in [-0.2, 0) is 26.2 Å². The quantitative estimate of drug-likeness (QED) is 0.384. The number of rotatable bonds is 10. The summed E-state index contributed by atoms with van der Waals surface area (Å²) >= 11 is 0. The monoisotopic (exact) mass is 556 g/mol. The molecule has 1 radical (unpaired) electrons. The van der Waals surface area contributed by atoms with Gasteiger partial charge in [-0.05, 0) is 73.9 Å². The van der Waals surface area contributed by atoms with Gasteiger partial charge in [-0.2, -0.15) is 0 Å². The third-order valence-electron chi connectivity index (χ3n) is 5.47. The van der Waals surface area contributed by atoms with E-state index in [1.807, 2.05) is 25.1 Å². The van der Waals surface area contributed by atoms with Crippen molar-refractivity contribution in [2.45, 2.75) is 50.5 Å². The summed E-state index contributed by atoms with van der Waals surface area (Å²) in [7, 11) is -4.41. The Balaban J connectivity index is 0.000000658. The van der Waals surface area contributed by atoms with E-state index in [2.05, 4.69) is 15.6 Å². The number of sulfone groups is 1. The maximum absolute atomic E-state index is 12.9. The number of hydrogen-bond acceptors (Lipinski definition) is 6. The SMILES string of the molecule is CCCC(CC([O])=O)NC(=O)S(=O)(=O)c1ccc(C(=O)NCCc2ccc(F)cc2)cc1.Cc1ccccn1. The van der Waals surface area contributed by atoms with E-state index in [9.17, 15) is 32.3 Å². The molecule has 39 heavy (non-hydrogen) atoms. The van der Waals surface area contributed by atoms with Crippen LogP contribution in [0, 0.1) is 12.7 Å². The zero-order valence-corrected chi connectivity index (χ0v) is 22.5. The molecule has 2 aromatic carbocycles. The van der Waals surface area contributed by atoms with E-state index in [0.717, 1.165) is 23.4 Å². The van der Waals surface area contributed by atoms with Crippen molar-refractivity contribution in [1.82, 2.24) is 15.6 Å². The van der Waals surface area contributed by atoms with Crippen LogP contribution in [0.5, 0.6) is 0 Å². The van der Waals surface area contributed by atoms with Crippen LogP contribution < -0.4 is 10.6 Å². The number of pyridine rings is 1. The summed E-state index contributed by atoms with van der Waals surface area (Å²) in [6.45, 7) is 4.04. The molecular weight excluding hydrogens is 525 g/mol. The lowest BCUT2D eigenvalue weighted by molar-refractivity contribution is -0.143. The van der Waals surface area contributed by atoms with Crippen LogP contribution in [0.2, 0.25) is 0 Å². The van der Waals surface area contributed by atoms with Gasteiger partial charge in [0.2, 0.25) is 0 Å². The first-order chi connectivity index (χ1) is 18.5. The summed E-state index contributed by atoms with van der Waals surface area (Å²) in [4.78, 5) is 38.9. The molecule has 1 aromatic heterocycles. The first-order valence-corrected chi connectivity index (χ1v) is 13.8. The Morgan fingerprint density at radius 1 is 0.974 bits per heavy atom. The smallest absolute Gasteiger partial charge is 0.352 e. The highest BCUT2D eigenvalue weighted by molar-refractivity contribution is 8.06. The standard InChI is InChI=1S/C22H24FN2O6S.C6H7N/c1-2-3-18(14-20(26)27)25-22(29)32(30,31)19-10-6-16(7-11-19)21(28)24-13-12-15-4-8-17(23)9-5-15;1-6-4-2-3-5-7-6/h4-11,18H,2-3,12-14H2,1H3,(H,24,28)(H,25,29);2-5H,1H3. The highest BCUT2D eigenvalue weighted by atomic mass is 32.2. The highest BCUT2D eigenvalue weighted by Gasteiger charge is 2.28. The summed E-state index contributed by atoms with van der Waals surface area (Å²) < 4.78 is 37.9. The lowest BCUT2D eigenvalue weighted by atomic mass is 10.1. The first kappa shape index (κ1) is 31.1. The molecule has 2 N–H and O–H groups in total. The molecule has 0 aliphatic carbocycles. The van der Waals surface area contributed by atoms with Crippen LogP contribution in [0.25, 0.3) is 0 Å². The van der Waals surface area contributed by atoms with E-state index in [4.69, 9.17) is 0 Å². The number of aryl methyl sites for hydroxylation is 1. The number of hydrogen-bond donors (Lipinski definition) is 2. The molecule has 2 amide bonds. The number of benzene rings is 2. The zero-order valence-electron chi connectivity index (χ0n) is 21.7. The first-order valence-electron chi connectivity index (χ1n) is 12.3. The summed E-state index contributed by atoms with van der Waals surface area (Å²) in [5.74, 6) is -2.17. The molecule has 0 fully saturated rings. The van der Waals surface area contributed by atoms with Crippen LogP contribution >= 0.6 is 0 Å². The second-order valence-corrected chi connectivity index (χ2v) is 10.5. The Morgan fingerprint density at radius 2 is 1.64 bits per heavy atom. The lowest BCUT2D eigenvalue weighted by Crippen LogP contribution is -2.39. The molecule has 1 heterocycles. The van der Waals surface area contributed by atoms with E-state index < -0.39 is 39.4 Å². The Morgan fingerprint density at radius 3 is 2.15 bits per heavy atom. The van der Waals surface area contributed by atoms with Gasteiger partial charge in [-0.3, -0.25) is 14.6 Å². The van der Waals surface area contributed by atoms with Gasteiger partial charge in [-0.15, -0.1) is 0 Å². The second kappa shape index (κ2) is 15.3. The molecule has 0 bridgehead atoms. The topological polar surface area (TPSA) is 142 Å². The Hall–Kier alpha value is -4.12. The van der Waals surface area contributed by atoms with Gasteiger partial charge in [-0.1, -0.05) is 31.5 Å². The number of aromatic nitrogens is 1. The lowest BCUT2D eigenvalue weighted by Gasteiger charge is -2.15. The number of carbonyl (C=O) groups excluding carboxylic acids is 3. The molecule has 0 spiro atoms. The van der Waals surface area contributed by atoms with Gasteiger partial charge in [0.05, 0.1) is 11.3 Å². The zero-order chi connectivity index (χ0) is 28.8. The molecule has 1 unspecified atom stereocenters. The average Bonchev–Trinajstić information content (AvgIpc) is 2.90. The molecule has 11 heteroatoms. The minimum atomic E-state index is -4.41. The molecular formula is C28H31FN3O6S. The maximum atomic E-state index is 12.9. The molecule has 0 aliphatic heterocycles. The van der Waals surface area contributed by atoms with E-state index in [0.29, 0.717) is 19.4 Å². The van der Waals surface area contributed by atoms with Crippen molar-refractivity contribution >= 4 is 27.0 Å². The number of amides is 2. The van der Waals surface area contributed by atoms with Gasteiger partial charge in [0.25, 0.3) is 15.7 Å². The van der Waals surface area contributed by atoms with Gasteiger partial charge in [0, 0.05) is 30.0 Å². The van der Waals surface area contributed by atoms with E-state index >= 15 is 0 Å². The fraction of sp³-hybridized carbons (Fsp3) is 0.286. The predicted molar refractivity (Wildman–Crippen MR) is 143 cm³/mol. The van der Waals surface area contributed by atoms with Crippen molar-refractivity contribution in [2.24, 2.45) is 0 Å². The van der Waals surface area contributed by atoms with Crippen LogP contribution in [-0.4, -0.2) is 43.1 Å². The van der Waals surface area contributed by atoms with Gasteiger partial charge >= 0.3 is 11.2 Å². The third-order valence-corrected chi connectivity index (χ3v) is 6.97. The van der Waals surface area contributed by atoms with Crippen LogP contribution in [0.4, 0.5) is 9.18 Å². The molecule has 0 saturated carbocycles. The number of carbonyl (C=O) groups is 3. The fourth-order valence-corrected chi connectivity index (χ4v) is 4.46. The van der Waals surface area contributed by atoms with Gasteiger partial charge in [0.1, 0.15) is 5.82 Å². The summed E-state index contributed by atoms with van der Waals surface area (Å²) in [6.07, 6.45) is 2.61. The summed E-state index contributed by atoms with van der Waals surface area (Å²) in [6, 6.07) is 15.7. The fourth-order valence-electron chi connectivity index (χ4n) is 3.43. The molecule has 0 aliphatic rings. The molecule has 207 valence electrons. The minimum Gasteiger partial charge on any atom is -0.352 e. The van der Waals surface area contributed by atoms with Crippen molar-refractivity contribution in [3.63, 3.8) is 0 Å². The molecule has 1 atom stereocenters.